The Labute approximate surface area is 515 Å². The van der Waals surface area contributed by atoms with Gasteiger partial charge in [-0.1, -0.05) is 143 Å². The van der Waals surface area contributed by atoms with E-state index in [0.717, 1.165) is 144 Å². The number of nitriles is 1. The maximum atomic E-state index is 12.2. The molecule has 0 saturated heterocycles. The van der Waals surface area contributed by atoms with Gasteiger partial charge in [-0.05, 0) is 165 Å². The number of anilines is 3. The molecular weight excluding hydrogens is 1120 g/mol. The molecule has 12 heteroatoms. The molecule has 5 heterocycles. The van der Waals surface area contributed by atoms with Crippen LogP contribution in [0.1, 0.15) is 179 Å². The lowest BCUT2D eigenvalue weighted by atomic mass is 10.0. The summed E-state index contributed by atoms with van der Waals surface area (Å²) in [7, 11) is 0. The minimum Gasteiger partial charge on any atom is -0.494 e. The van der Waals surface area contributed by atoms with Crippen LogP contribution >= 0.6 is 45.3 Å². The van der Waals surface area contributed by atoms with Gasteiger partial charge in [0.2, 0.25) is 0 Å². The number of hydrogen-bond acceptors (Lipinski definition) is 10. The standard InChI is InChI=1S/C72H85N3O5S4/c1-6-11-16-21-26-52-47-63(51-28-30-54(31-29-51)74(55-32-38-58(39-33-55)78-44-23-18-13-8-3)56-34-40-59(41-35-56)79-45-24-19-14-9-4)81-67(52)65-49-62-69(83-65)71-66(75(62)57-36-42-60(43-37-57)80-46-25-20-15-10-5)70-68(84-71)61(27-22-17-12-7-2)64(82-70)48-53(50-73)72(76)77/h28-43,47-49H,6-27,44-46H2,1-5H3,(H,76,77)/b53-48+. The monoisotopic (exact) mass is 1200 g/mol. The lowest BCUT2D eigenvalue weighted by Gasteiger charge is -2.26. The molecule has 8 nitrogen and oxygen atoms in total. The molecule has 0 aliphatic heterocycles. The molecule has 84 heavy (non-hydrogen) atoms. The molecule has 0 unspecified atom stereocenters. The summed E-state index contributed by atoms with van der Waals surface area (Å²) in [6.45, 7) is 13.4. The van der Waals surface area contributed by atoms with Crippen LogP contribution < -0.4 is 19.1 Å². The molecule has 0 radical (unpaired) electrons. The van der Waals surface area contributed by atoms with Crippen molar-refractivity contribution in [1.29, 1.82) is 5.26 Å². The number of carbonyl (C=O) groups is 1. The maximum Gasteiger partial charge on any atom is 0.346 e. The van der Waals surface area contributed by atoms with Crippen LogP contribution in [0.25, 0.3) is 61.8 Å². The van der Waals surface area contributed by atoms with Crippen molar-refractivity contribution in [2.45, 2.75) is 176 Å². The van der Waals surface area contributed by atoms with Crippen LogP contribution in [0.5, 0.6) is 17.2 Å². The van der Waals surface area contributed by atoms with Crippen molar-refractivity contribution in [3.05, 3.63) is 131 Å². The second kappa shape index (κ2) is 31.7. The van der Waals surface area contributed by atoms with Crippen LogP contribution in [0.3, 0.4) is 0 Å². The summed E-state index contributed by atoms with van der Waals surface area (Å²) >= 11 is 7.25. The topological polar surface area (TPSA) is 97.0 Å². The molecule has 4 aromatic carbocycles. The lowest BCUT2D eigenvalue weighted by molar-refractivity contribution is -0.132. The van der Waals surface area contributed by atoms with E-state index >= 15 is 0 Å². The zero-order valence-electron chi connectivity index (χ0n) is 50.2. The summed E-state index contributed by atoms with van der Waals surface area (Å²) in [5.41, 5.74) is 10.1. The van der Waals surface area contributed by atoms with E-state index in [-0.39, 0.29) is 5.57 Å². The summed E-state index contributed by atoms with van der Waals surface area (Å²) in [6.07, 6.45) is 26.6. The van der Waals surface area contributed by atoms with E-state index in [2.05, 4.69) is 153 Å². The van der Waals surface area contributed by atoms with Crippen molar-refractivity contribution < 1.29 is 24.1 Å². The Bertz CT molecular complexity index is 3510. The van der Waals surface area contributed by atoms with E-state index < -0.39 is 5.97 Å². The highest BCUT2D eigenvalue weighted by Crippen LogP contribution is 2.53. The fourth-order valence-electron chi connectivity index (χ4n) is 11.1. The van der Waals surface area contributed by atoms with Gasteiger partial charge in [-0.25, -0.2) is 4.79 Å². The van der Waals surface area contributed by atoms with Gasteiger partial charge in [0.25, 0.3) is 0 Å². The number of rotatable bonds is 36. The summed E-state index contributed by atoms with van der Waals surface area (Å²) in [5, 5.41) is 19.9. The summed E-state index contributed by atoms with van der Waals surface area (Å²) < 4.78 is 25.9. The normalized spacial score (nSPS) is 11.8. The second-order valence-corrected chi connectivity index (χ2v) is 26.4. The largest absolute Gasteiger partial charge is 0.494 e. The highest BCUT2D eigenvalue weighted by molar-refractivity contribution is 7.37. The third kappa shape index (κ3) is 15.5. The summed E-state index contributed by atoms with van der Waals surface area (Å²) in [6, 6.07) is 41.6. The van der Waals surface area contributed by atoms with Gasteiger partial charge in [-0.15, -0.1) is 45.3 Å². The van der Waals surface area contributed by atoms with Gasteiger partial charge < -0.3 is 28.8 Å². The Morgan fingerprint density at radius 3 is 1.50 bits per heavy atom. The Kier molecular flexibility index (Phi) is 23.5. The molecule has 0 amide bonds. The molecule has 0 saturated carbocycles. The van der Waals surface area contributed by atoms with Gasteiger partial charge in [0.05, 0.1) is 49.7 Å². The molecule has 0 bridgehead atoms. The average molecular weight is 1200 g/mol. The fourth-order valence-corrected chi connectivity index (χ4v) is 16.6. The van der Waals surface area contributed by atoms with Crippen molar-refractivity contribution >= 4 is 104 Å². The van der Waals surface area contributed by atoms with Crippen LogP contribution in [0.15, 0.2) is 115 Å². The van der Waals surface area contributed by atoms with Crippen molar-refractivity contribution in [2.24, 2.45) is 0 Å². The zero-order valence-corrected chi connectivity index (χ0v) is 53.5. The van der Waals surface area contributed by atoms with Gasteiger partial charge in [-0.3, -0.25) is 0 Å². The molecule has 0 aliphatic carbocycles. The van der Waals surface area contributed by atoms with Gasteiger partial charge in [0.15, 0.2) is 0 Å². The van der Waals surface area contributed by atoms with E-state index in [9.17, 15) is 15.2 Å². The summed E-state index contributed by atoms with van der Waals surface area (Å²) in [4.78, 5) is 19.3. The Morgan fingerprint density at radius 2 is 1.00 bits per heavy atom. The van der Waals surface area contributed by atoms with Crippen LogP contribution in [0.2, 0.25) is 0 Å². The predicted molar refractivity (Wildman–Crippen MR) is 361 cm³/mol. The molecule has 5 aromatic heterocycles. The first-order chi connectivity index (χ1) is 41.3. The summed E-state index contributed by atoms with van der Waals surface area (Å²) in [5.74, 6) is 1.45. The maximum absolute atomic E-state index is 12.2. The fraction of sp³-hybridized carbons (Fsp3) is 0.417. The van der Waals surface area contributed by atoms with Crippen molar-refractivity contribution in [3.8, 4) is 49.2 Å². The average Bonchev–Trinajstić information content (AvgIpc) is 1.78. The van der Waals surface area contributed by atoms with Crippen molar-refractivity contribution in [1.82, 2.24) is 4.57 Å². The number of thiophene rings is 4. The number of nitrogens with zero attached hydrogens (tertiary/aromatic N) is 3. The Hall–Kier alpha value is -6.36. The quantitative estimate of drug-likeness (QED) is 0.0237. The number of benzene rings is 4. The van der Waals surface area contributed by atoms with Crippen LogP contribution in [-0.2, 0) is 17.6 Å². The number of fused-ring (bicyclic) bond motifs is 5. The first-order valence-electron chi connectivity index (χ1n) is 31.4. The molecule has 442 valence electrons. The number of carboxylic acid groups (broad SMARTS) is 1. The van der Waals surface area contributed by atoms with E-state index in [4.69, 9.17) is 14.2 Å². The smallest absolute Gasteiger partial charge is 0.346 e. The molecular formula is C72H85N3O5S4. The molecule has 0 fully saturated rings. The number of unbranched alkanes of at least 4 members (excludes halogenated alkanes) is 15. The van der Waals surface area contributed by atoms with Crippen molar-refractivity contribution in [2.75, 3.05) is 24.7 Å². The minimum atomic E-state index is -1.20. The van der Waals surface area contributed by atoms with Gasteiger partial charge in [-0.2, -0.15) is 5.26 Å². The van der Waals surface area contributed by atoms with E-state index in [1.165, 1.54) is 116 Å². The van der Waals surface area contributed by atoms with Crippen LogP contribution in [0, 0.1) is 11.3 Å². The molecule has 1 N–H and O–H groups in total. The van der Waals surface area contributed by atoms with Gasteiger partial charge in [0.1, 0.15) is 28.9 Å². The molecule has 9 aromatic rings. The number of ether oxygens (including phenoxy) is 3. The first kappa shape index (κ1) is 62.2. The number of carboxylic acids is 1. The zero-order chi connectivity index (χ0) is 58.6. The van der Waals surface area contributed by atoms with Crippen LogP contribution in [-0.4, -0.2) is 35.5 Å². The Morgan fingerprint density at radius 1 is 0.524 bits per heavy atom. The van der Waals surface area contributed by atoms with Gasteiger partial charge >= 0.3 is 5.97 Å². The van der Waals surface area contributed by atoms with E-state index in [1.54, 1.807) is 17.4 Å². The predicted octanol–water partition coefficient (Wildman–Crippen LogP) is 23.1. The molecule has 0 aliphatic rings. The molecule has 0 atom stereocenters. The minimum absolute atomic E-state index is 0.236. The van der Waals surface area contributed by atoms with Crippen LogP contribution in [0.4, 0.5) is 17.1 Å². The van der Waals surface area contributed by atoms with E-state index in [1.807, 2.05) is 40.1 Å². The van der Waals surface area contributed by atoms with Crippen molar-refractivity contribution in [3.63, 3.8) is 0 Å². The lowest BCUT2D eigenvalue weighted by Crippen LogP contribution is -2.10. The second-order valence-electron chi connectivity index (χ2n) is 22.2. The number of aliphatic carboxylic acids is 1. The van der Waals surface area contributed by atoms with Gasteiger partial charge in [0, 0.05) is 42.3 Å². The number of aromatic nitrogens is 1. The van der Waals surface area contributed by atoms with E-state index in [0.29, 0.717) is 6.61 Å². The Balaban J connectivity index is 1.10. The number of aryl methyl sites for hydroxylation is 2. The highest BCUT2D eigenvalue weighted by atomic mass is 32.1. The first-order valence-corrected chi connectivity index (χ1v) is 34.6. The molecule has 9 rings (SSSR count). The third-order valence-electron chi connectivity index (χ3n) is 15.7. The highest BCUT2D eigenvalue weighted by Gasteiger charge is 2.27. The third-order valence-corrected chi connectivity index (χ3v) is 21.0. The number of hydrogen-bond donors (Lipinski definition) is 1. The molecule has 0 spiro atoms. The SMILES string of the molecule is CCCCCCOc1ccc(N(c2ccc(OCCCCCC)cc2)c2ccc(-c3cc(CCCCCC)c(-c4cc5c(s4)c4sc6c(CCCCCC)c(/C=C(\C#N)C(=O)O)sc6c4n5-c4ccc(OCCCCCC)cc4)s3)cc2)cc1.